The Morgan fingerprint density at radius 2 is 1.76 bits per heavy atom. The van der Waals surface area contributed by atoms with Crippen LogP contribution in [0.5, 0.6) is 0 Å². The quantitative estimate of drug-likeness (QED) is 0.826. The second-order valence-corrected chi connectivity index (χ2v) is 8.12. The van der Waals surface area contributed by atoms with Gasteiger partial charge in [0.05, 0.1) is 5.41 Å². The first kappa shape index (κ1) is 16.8. The third kappa shape index (κ3) is 3.25. The smallest absolute Gasteiger partial charge is 0.233 e. The maximum atomic E-state index is 13.5. The summed E-state index contributed by atoms with van der Waals surface area (Å²) in [6.45, 7) is 3.09. The first-order chi connectivity index (χ1) is 12.3. The zero-order valence-electron chi connectivity index (χ0n) is 14.5. The van der Waals surface area contributed by atoms with Gasteiger partial charge in [-0.25, -0.2) is 0 Å². The van der Waals surface area contributed by atoms with Gasteiger partial charge in [0, 0.05) is 31.2 Å². The summed E-state index contributed by atoms with van der Waals surface area (Å²) in [6.07, 6.45) is 3.74. The van der Waals surface area contributed by atoms with Crippen molar-refractivity contribution < 1.29 is 9.53 Å². The lowest BCUT2D eigenvalue weighted by molar-refractivity contribution is -0.142. The van der Waals surface area contributed by atoms with Crippen LogP contribution in [-0.4, -0.2) is 37.1 Å². The normalized spacial score (nSPS) is 21.2. The summed E-state index contributed by atoms with van der Waals surface area (Å²) in [5, 5.41) is 2.15. The molecule has 1 amide bonds. The highest BCUT2D eigenvalue weighted by molar-refractivity contribution is 7.10. The molecule has 0 aliphatic carbocycles. The summed E-state index contributed by atoms with van der Waals surface area (Å²) < 4.78 is 5.58. The first-order valence-electron chi connectivity index (χ1n) is 9.26. The third-order valence-electron chi connectivity index (χ3n) is 5.81. The van der Waals surface area contributed by atoms with Crippen molar-refractivity contribution >= 4 is 17.2 Å². The molecule has 0 radical (unpaired) electrons. The van der Waals surface area contributed by atoms with Crippen molar-refractivity contribution in [2.45, 2.75) is 37.0 Å². The molecule has 0 N–H and O–H groups in total. The Balaban J connectivity index is 1.52. The van der Waals surface area contributed by atoms with Gasteiger partial charge in [0.25, 0.3) is 0 Å². The average molecular weight is 356 g/mol. The molecule has 0 spiro atoms. The van der Waals surface area contributed by atoms with Crippen molar-refractivity contribution in [3.63, 3.8) is 0 Å². The molecule has 0 saturated carbocycles. The van der Waals surface area contributed by atoms with Gasteiger partial charge < -0.3 is 9.64 Å². The minimum atomic E-state index is -0.394. The van der Waals surface area contributed by atoms with Crippen LogP contribution in [-0.2, 0) is 14.9 Å². The standard InChI is InChI=1S/C21H25NO2S/c23-20(22-12-8-17(9-13-22)19-7-4-16-25-19)21(10-14-24-15-11-21)18-5-2-1-3-6-18/h1-7,16-17H,8-15H2. The predicted molar refractivity (Wildman–Crippen MR) is 101 cm³/mol. The van der Waals surface area contributed by atoms with Gasteiger partial charge >= 0.3 is 0 Å². The van der Waals surface area contributed by atoms with Gasteiger partial charge in [0.15, 0.2) is 0 Å². The van der Waals surface area contributed by atoms with Crippen molar-refractivity contribution in [2.24, 2.45) is 0 Å². The largest absolute Gasteiger partial charge is 0.381 e. The average Bonchev–Trinajstić information content (AvgIpc) is 3.24. The van der Waals surface area contributed by atoms with Crippen molar-refractivity contribution in [2.75, 3.05) is 26.3 Å². The minimum Gasteiger partial charge on any atom is -0.381 e. The molecule has 3 heterocycles. The molecule has 0 unspecified atom stereocenters. The Morgan fingerprint density at radius 1 is 1.04 bits per heavy atom. The number of rotatable bonds is 3. The number of hydrogen-bond donors (Lipinski definition) is 0. The van der Waals surface area contributed by atoms with Crippen LogP contribution in [0.1, 0.15) is 42.0 Å². The van der Waals surface area contributed by atoms with E-state index in [0.717, 1.165) is 44.3 Å². The van der Waals surface area contributed by atoms with E-state index in [1.165, 1.54) is 4.88 Å². The fourth-order valence-corrected chi connectivity index (χ4v) is 5.20. The third-order valence-corrected chi connectivity index (χ3v) is 6.84. The van der Waals surface area contributed by atoms with Crippen molar-refractivity contribution in [1.29, 1.82) is 0 Å². The van der Waals surface area contributed by atoms with Crippen LogP contribution < -0.4 is 0 Å². The van der Waals surface area contributed by atoms with E-state index in [1.807, 2.05) is 29.5 Å². The van der Waals surface area contributed by atoms with Crippen LogP contribution >= 0.6 is 11.3 Å². The van der Waals surface area contributed by atoms with E-state index in [9.17, 15) is 4.79 Å². The van der Waals surface area contributed by atoms with Gasteiger partial charge in [-0.2, -0.15) is 0 Å². The predicted octanol–water partition coefficient (Wildman–Crippen LogP) is 4.20. The molecule has 1 aromatic heterocycles. The Labute approximate surface area is 153 Å². The number of ether oxygens (including phenoxy) is 1. The van der Waals surface area contributed by atoms with Gasteiger partial charge in [-0.1, -0.05) is 36.4 Å². The van der Waals surface area contributed by atoms with Gasteiger partial charge in [0.2, 0.25) is 5.91 Å². The number of carbonyl (C=O) groups is 1. The number of likely N-dealkylation sites (tertiary alicyclic amines) is 1. The number of amides is 1. The summed E-state index contributed by atoms with van der Waals surface area (Å²) in [5.41, 5.74) is 0.763. The fraction of sp³-hybridized carbons (Fsp3) is 0.476. The summed E-state index contributed by atoms with van der Waals surface area (Å²) in [6, 6.07) is 14.7. The van der Waals surface area contributed by atoms with Crippen LogP contribution in [0.25, 0.3) is 0 Å². The Hall–Kier alpha value is -1.65. The lowest BCUT2D eigenvalue weighted by Crippen LogP contribution is -2.51. The molecule has 132 valence electrons. The minimum absolute atomic E-state index is 0.312. The molecule has 4 heteroatoms. The summed E-state index contributed by atoms with van der Waals surface area (Å²) in [5.74, 6) is 0.929. The summed E-state index contributed by atoms with van der Waals surface area (Å²) >= 11 is 1.84. The van der Waals surface area contributed by atoms with Crippen LogP contribution in [0, 0.1) is 0 Å². The zero-order valence-corrected chi connectivity index (χ0v) is 15.3. The topological polar surface area (TPSA) is 29.5 Å². The molecule has 1 aromatic carbocycles. The maximum absolute atomic E-state index is 13.5. The Morgan fingerprint density at radius 3 is 2.40 bits per heavy atom. The van der Waals surface area contributed by atoms with E-state index in [0.29, 0.717) is 25.0 Å². The van der Waals surface area contributed by atoms with E-state index in [1.54, 1.807) is 0 Å². The SMILES string of the molecule is O=C(N1CCC(c2cccs2)CC1)C1(c2ccccc2)CCOCC1. The lowest BCUT2D eigenvalue weighted by atomic mass is 9.72. The van der Waals surface area contributed by atoms with E-state index < -0.39 is 5.41 Å². The van der Waals surface area contributed by atoms with Crippen molar-refractivity contribution in [3.05, 3.63) is 58.3 Å². The van der Waals surface area contributed by atoms with Gasteiger partial charge in [0.1, 0.15) is 0 Å². The van der Waals surface area contributed by atoms with Crippen LogP contribution in [0.4, 0.5) is 0 Å². The van der Waals surface area contributed by atoms with E-state index in [4.69, 9.17) is 4.74 Å². The lowest BCUT2D eigenvalue weighted by Gasteiger charge is -2.42. The van der Waals surface area contributed by atoms with Gasteiger partial charge in [-0.15, -0.1) is 11.3 Å². The highest BCUT2D eigenvalue weighted by Gasteiger charge is 2.44. The molecule has 0 bridgehead atoms. The molecule has 25 heavy (non-hydrogen) atoms. The fourth-order valence-electron chi connectivity index (χ4n) is 4.30. The number of thiophene rings is 1. The molecule has 2 aromatic rings. The number of carbonyl (C=O) groups excluding carboxylic acids is 1. The van der Waals surface area contributed by atoms with Crippen LogP contribution in [0.2, 0.25) is 0 Å². The molecule has 0 atom stereocenters. The second-order valence-electron chi connectivity index (χ2n) is 7.14. The Bertz CT molecular complexity index is 684. The molecule has 2 saturated heterocycles. The molecule has 2 fully saturated rings. The maximum Gasteiger partial charge on any atom is 0.233 e. The monoisotopic (exact) mass is 355 g/mol. The van der Waals surface area contributed by atoms with E-state index in [-0.39, 0.29) is 0 Å². The molecule has 3 nitrogen and oxygen atoms in total. The van der Waals surface area contributed by atoms with Gasteiger partial charge in [-0.3, -0.25) is 4.79 Å². The highest BCUT2D eigenvalue weighted by Crippen LogP contribution is 2.39. The number of benzene rings is 1. The Kier molecular flexibility index (Phi) is 4.91. The first-order valence-corrected chi connectivity index (χ1v) is 10.1. The molecule has 2 aliphatic heterocycles. The number of nitrogens with zero attached hydrogens (tertiary/aromatic N) is 1. The molecule has 4 rings (SSSR count). The summed E-state index contributed by atoms with van der Waals surface area (Å²) in [7, 11) is 0. The van der Waals surface area contributed by atoms with Crippen molar-refractivity contribution in [1.82, 2.24) is 4.90 Å². The van der Waals surface area contributed by atoms with Crippen molar-refractivity contribution in [3.8, 4) is 0 Å². The highest BCUT2D eigenvalue weighted by atomic mass is 32.1. The zero-order chi connectivity index (χ0) is 17.1. The van der Waals surface area contributed by atoms with Crippen LogP contribution in [0.15, 0.2) is 47.8 Å². The molecular weight excluding hydrogens is 330 g/mol. The molecule has 2 aliphatic rings. The van der Waals surface area contributed by atoms with E-state index in [2.05, 4.69) is 34.5 Å². The van der Waals surface area contributed by atoms with Gasteiger partial charge in [-0.05, 0) is 48.6 Å². The second kappa shape index (κ2) is 7.30. The van der Waals surface area contributed by atoms with E-state index >= 15 is 0 Å². The molecular formula is C21H25NO2S. The number of piperidine rings is 1. The number of hydrogen-bond acceptors (Lipinski definition) is 3. The summed E-state index contributed by atoms with van der Waals surface area (Å²) in [4.78, 5) is 17.1. The van der Waals surface area contributed by atoms with Crippen LogP contribution in [0.3, 0.4) is 0 Å².